The molecule has 3 nitrogen and oxygen atoms in total. The van der Waals surface area contributed by atoms with E-state index in [0.717, 1.165) is 72.2 Å². The van der Waals surface area contributed by atoms with Crippen LogP contribution >= 0.6 is 11.8 Å². The summed E-state index contributed by atoms with van der Waals surface area (Å²) >= 11 is 1.88. The summed E-state index contributed by atoms with van der Waals surface area (Å²) in [6.07, 6.45) is 0. The molecule has 11 aromatic rings. The molecule has 0 radical (unpaired) electrons. The summed E-state index contributed by atoms with van der Waals surface area (Å²) in [5.74, 6) is 0. The highest BCUT2D eigenvalue weighted by Gasteiger charge is 2.50. The monoisotopic (exact) mass is 805 g/mol. The first-order valence-corrected chi connectivity index (χ1v) is 21.9. The lowest BCUT2D eigenvalue weighted by molar-refractivity contribution is 0.724. The fourth-order valence-electron chi connectivity index (χ4n) is 10.2. The van der Waals surface area contributed by atoms with Crippen molar-refractivity contribution in [2.24, 2.45) is 0 Å². The lowest BCUT2D eigenvalue weighted by Gasteiger charge is -2.40. The predicted octanol–water partition coefficient (Wildman–Crippen LogP) is 14.8. The van der Waals surface area contributed by atoms with Crippen LogP contribution in [0.3, 0.4) is 0 Å². The van der Waals surface area contributed by atoms with Gasteiger partial charge in [0.1, 0.15) is 0 Å². The molecule has 0 unspecified atom stereocenters. The highest BCUT2D eigenvalue weighted by Crippen LogP contribution is 2.62. The molecule has 1 aliphatic heterocycles. The number of pyridine rings is 1. The van der Waals surface area contributed by atoms with Gasteiger partial charge in [0.15, 0.2) is 0 Å². The van der Waals surface area contributed by atoms with E-state index in [1.54, 1.807) is 0 Å². The molecule has 3 heterocycles. The van der Waals surface area contributed by atoms with Crippen LogP contribution in [0, 0.1) is 0 Å². The number of aromatic nitrogens is 3. The van der Waals surface area contributed by atoms with E-state index < -0.39 is 5.41 Å². The predicted molar refractivity (Wildman–Crippen MR) is 256 cm³/mol. The summed E-state index contributed by atoms with van der Waals surface area (Å²) in [5.41, 5.74) is 18.2. The van der Waals surface area contributed by atoms with E-state index in [9.17, 15) is 0 Å². The van der Waals surface area contributed by atoms with Crippen molar-refractivity contribution >= 4 is 44.5 Å². The quantitative estimate of drug-likeness (QED) is 0.166. The molecule has 9 aromatic carbocycles. The Hall–Kier alpha value is -7.66. The van der Waals surface area contributed by atoms with Crippen molar-refractivity contribution in [1.29, 1.82) is 0 Å². The molecule has 0 fully saturated rings. The third-order valence-electron chi connectivity index (χ3n) is 12.9. The molecule has 0 saturated heterocycles. The maximum Gasteiger partial charge on any atom is 0.0973 e. The normalized spacial score (nSPS) is 13.2. The van der Waals surface area contributed by atoms with Crippen LogP contribution in [-0.2, 0) is 5.41 Å². The van der Waals surface area contributed by atoms with Crippen molar-refractivity contribution in [2.45, 2.75) is 15.2 Å². The van der Waals surface area contributed by atoms with Gasteiger partial charge >= 0.3 is 0 Å². The summed E-state index contributed by atoms with van der Waals surface area (Å²) in [7, 11) is 0. The second-order valence-electron chi connectivity index (χ2n) is 16.2. The smallest absolute Gasteiger partial charge is 0.0973 e. The number of hydrogen-bond acceptors (Lipinski definition) is 4. The summed E-state index contributed by atoms with van der Waals surface area (Å²) < 4.78 is 0. The maximum atomic E-state index is 5.54. The Balaban J connectivity index is 1.04. The Morgan fingerprint density at radius 3 is 1.44 bits per heavy atom. The van der Waals surface area contributed by atoms with Gasteiger partial charge in [0.05, 0.1) is 39.0 Å². The Labute approximate surface area is 363 Å². The Morgan fingerprint density at radius 2 is 0.790 bits per heavy atom. The molecule has 2 aromatic heterocycles. The minimum absolute atomic E-state index is 0.466. The number of nitrogens with zero attached hydrogens (tertiary/aromatic N) is 3. The summed E-state index contributed by atoms with van der Waals surface area (Å²) in [5, 5.41) is 3.48. The molecule has 0 saturated carbocycles. The third-order valence-corrected chi connectivity index (χ3v) is 14.0. The van der Waals surface area contributed by atoms with Crippen molar-refractivity contribution in [3.63, 3.8) is 0 Å². The molecular weight excluding hydrogens is 771 g/mol. The van der Waals surface area contributed by atoms with E-state index in [2.05, 4.69) is 200 Å². The molecule has 62 heavy (non-hydrogen) atoms. The van der Waals surface area contributed by atoms with Gasteiger partial charge in [-0.05, 0) is 86.3 Å². The SMILES string of the molecule is c1ccc(-c2nc3ccc(-c4ccc5c(c4)nc(-c4ccccc4)c4cc6c(cc45)C4(c5ccccc5S6)c5ccccc5-c5ccccc54)cc3nc2-c2ccccc2)cc1. The Kier molecular flexibility index (Phi) is 7.75. The first-order valence-electron chi connectivity index (χ1n) is 21.1. The van der Waals surface area contributed by atoms with Gasteiger partial charge in [0.2, 0.25) is 0 Å². The minimum Gasteiger partial charge on any atom is -0.247 e. The lowest BCUT2D eigenvalue weighted by Crippen LogP contribution is -2.32. The van der Waals surface area contributed by atoms with Gasteiger partial charge in [-0.15, -0.1) is 0 Å². The van der Waals surface area contributed by atoms with Crippen molar-refractivity contribution in [3.8, 4) is 56.0 Å². The van der Waals surface area contributed by atoms with Crippen molar-refractivity contribution in [3.05, 3.63) is 235 Å². The molecule has 1 spiro atoms. The van der Waals surface area contributed by atoms with Crippen LogP contribution in [0.1, 0.15) is 22.3 Å². The molecule has 0 atom stereocenters. The lowest BCUT2D eigenvalue weighted by atomic mass is 9.67. The first kappa shape index (κ1) is 35.1. The maximum absolute atomic E-state index is 5.54. The van der Waals surface area contributed by atoms with Crippen molar-refractivity contribution < 1.29 is 0 Å². The zero-order valence-corrected chi connectivity index (χ0v) is 34.3. The first-order chi connectivity index (χ1) is 30.7. The minimum atomic E-state index is -0.466. The number of rotatable bonds is 4. The molecule has 0 N–H and O–H groups in total. The summed E-state index contributed by atoms with van der Waals surface area (Å²) in [4.78, 5) is 18.6. The fraction of sp³-hybridized carbons (Fsp3) is 0.0172. The largest absolute Gasteiger partial charge is 0.247 e. The Bertz CT molecular complexity index is 3560. The average Bonchev–Trinajstić information content (AvgIpc) is 3.64. The van der Waals surface area contributed by atoms with E-state index >= 15 is 0 Å². The van der Waals surface area contributed by atoms with Crippen LogP contribution in [0.5, 0.6) is 0 Å². The molecule has 4 heteroatoms. The number of fused-ring (bicyclic) bond motifs is 13. The van der Waals surface area contributed by atoms with Gasteiger partial charge in [0, 0.05) is 37.3 Å². The third kappa shape index (κ3) is 5.17. The molecule has 1 aliphatic carbocycles. The van der Waals surface area contributed by atoms with E-state index in [1.165, 1.54) is 48.6 Å². The van der Waals surface area contributed by atoms with Crippen LogP contribution < -0.4 is 0 Å². The van der Waals surface area contributed by atoms with Gasteiger partial charge in [-0.3, -0.25) is 0 Å². The number of benzene rings is 9. The zero-order chi connectivity index (χ0) is 40.8. The second-order valence-corrected chi connectivity index (χ2v) is 17.3. The van der Waals surface area contributed by atoms with Crippen LogP contribution in [0.25, 0.3) is 88.7 Å². The molecule has 288 valence electrons. The van der Waals surface area contributed by atoms with Crippen LogP contribution in [-0.4, -0.2) is 15.0 Å². The molecule has 2 aliphatic rings. The van der Waals surface area contributed by atoms with Crippen molar-refractivity contribution in [2.75, 3.05) is 0 Å². The van der Waals surface area contributed by atoms with E-state index in [-0.39, 0.29) is 0 Å². The molecule has 0 amide bonds. The van der Waals surface area contributed by atoms with Crippen molar-refractivity contribution in [1.82, 2.24) is 15.0 Å². The standard InChI is InChI=1S/C58H35N3S/c1-4-16-36(17-5-1)55-45-35-54-49(58(48-26-14-15-27-53(48)62-54)46-24-12-10-22-41(46)42-23-11-13-25-47(42)58)34-44(45)43-30-28-39(32-51(43)60-55)40-29-31-50-52(33-40)61-57(38-20-8-3-9-21-38)56(59-50)37-18-6-2-7-19-37/h1-35H. The van der Waals surface area contributed by atoms with E-state index in [0.29, 0.717) is 0 Å². The fourth-order valence-corrected chi connectivity index (χ4v) is 11.4. The topological polar surface area (TPSA) is 38.7 Å². The zero-order valence-electron chi connectivity index (χ0n) is 33.5. The van der Waals surface area contributed by atoms with Crippen LogP contribution in [0.15, 0.2) is 222 Å². The van der Waals surface area contributed by atoms with E-state index in [4.69, 9.17) is 15.0 Å². The highest BCUT2D eigenvalue weighted by molar-refractivity contribution is 7.99. The van der Waals surface area contributed by atoms with Gasteiger partial charge < -0.3 is 0 Å². The second kappa shape index (κ2) is 13.7. The molecule has 13 rings (SSSR count). The summed E-state index contributed by atoms with van der Waals surface area (Å²) in [6, 6.07) is 76.6. The van der Waals surface area contributed by atoms with Crippen LogP contribution in [0.2, 0.25) is 0 Å². The van der Waals surface area contributed by atoms with Gasteiger partial charge in [-0.1, -0.05) is 188 Å². The average molecular weight is 806 g/mol. The van der Waals surface area contributed by atoms with Gasteiger partial charge in [-0.25, -0.2) is 15.0 Å². The van der Waals surface area contributed by atoms with E-state index in [1.807, 2.05) is 23.9 Å². The van der Waals surface area contributed by atoms with Gasteiger partial charge in [-0.2, -0.15) is 0 Å². The van der Waals surface area contributed by atoms with Gasteiger partial charge in [0.25, 0.3) is 0 Å². The summed E-state index contributed by atoms with van der Waals surface area (Å²) in [6.45, 7) is 0. The van der Waals surface area contributed by atoms with Crippen LogP contribution in [0.4, 0.5) is 0 Å². The number of hydrogen-bond donors (Lipinski definition) is 0. The molecule has 0 bridgehead atoms. The highest BCUT2D eigenvalue weighted by atomic mass is 32.2. The molecular formula is C58H35N3S. The Morgan fingerprint density at radius 1 is 0.290 bits per heavy atom.